The predicted molar refractivity (Wildman–Crippen MR) is 124 cm³/mol. The maximum absolute atomic E-state index is 13.1. The molecule has 4 rings (SSSR count). The lowest BCUT2D eigenvalue weighted by Crippen LogP contribution is -2.52. The SMILES string of the molecule is CC(c1ccncc1)N1CCC(C(=O)N2CCN(S(=O)(=O)c3ccc(Cl)cc3)CC2)CC1. The summed E-state index contributed by atoms with van der Waals surface area (Å²) >= 11 is 5.87. The van der Waals surface area contributed by atoms with Crippen LogP contribution in [-0.2, 0) is 14.8 Å². The van der Waals surface area contributed by atoms with Crippen LogP contribution in [0.15, 0.2) is 53.7 Å². The first-order valence-corrected chi connectivity index (χ1v) is 12.9. The largest absolute Gasteiger partial charge is 0.340 e. The van der Waals surface area contributed by atoms with E-state index in [1.54, 1.807) is 12.1 Å². The predicted octanol–water partition coefficient (Wildman–Crippen LogP) is 3.04. The van der Waals surface area contributed by atoms with E-state index in [1.165, 1.54) is 22.0 Å². The van der Waals surface area contributed by atoms with E-state index >= 15 is 0 Å². The smallest absolute Gasteiger partial charge is 0.243 e. The number of amides is 1. The van der Waals surface area contributed by atoms with Crippen molar-refractivity contribution in [3.63, 3.8) is 0 Å². The first-order chi connectivity index (χ1) is 15.4. The minimum Gasteiger partial charge on any atom is -0.340 e. The monoisotopic (exact) mass is 476 g/mol. The molecule has 2 aliphatic heterocycles. The van der Waals surface area contributed by atoms with Crippen molar-refractivity contribution in [2.75, 3.05) is 39.3 Å². The van der Waals surface area contributed by atoms with Gasteiger partial charge in [0.25, 0.3) is 0 Å². The Morgan fingerprint density at radius 3 is 2.16 bits per heavy atom. The third kappa shape index (κ3) is 4.98. The number of likely N-dealkylation sites (tertiary alicyclic amines) is 1. The van der Waals surface area contributed by atoms with E-state index in [9.17, 15) is 13.2 Å². The first-order valence-electron chi connectivity index (χ1n) is 11.0. The van der Waals surface area contributed by atoms with Crippen molar-refractivity contribution in [2.24, 2.45) is 5.92 Å². The van der Waals surface area contributed by atoms with Gasteiger partial charge in [-0.15, -0.1) is 0 Å². The maximum atomic E-state index is 13.1. The number of pyridine rings is 1. The number of benzene rings is 1. The highest BCUT2D eigenvalue weighted by Gasteiger charge is 2.34. The van der Waals surface area contributed by atoms with Crippen molar-refractivity contribution >= 4 is 27.5 Å². The molecular weight excluding hydrogens is 448 g/mol. The lowest BCUT2D eigenvalue weighted by atomic mass is 9.93. The summed E-state index contributed by atoms with van der Waals surface area (Å²) in [4.78, 5) is 21.6. The molecule has 0 spiro atoms. The van der Waals surface area contributed by atoms with E-state index in [1.807, 2.05) is 29.4 Å². The van der Waals surface area contributed by atoms with Gasteiger partial charge in [-0.1, -0.05) is 11.6 Å². The van der Waals surface area contributed by atoms with Crippen LogP contribution >= 0.6 is 11.6 Å². The molecule has 32 heavy (non-hydrogen) atoms. The Labute approximate surface area is 195 Å². The molecule has 0 N–H and O–H groups in total. The lowest BCUT2D eigenvalue weighted by Gasteiger charge is -2.39. The molecule has 2 aromatic rings. The van der Waals surface area contributed by atoms with Crippen molar-refractivity contribution in [2.45, 2.75) is 30.7 Å². The van der Waals surface area contributed by atoms with Crippen molar-refractivity contribution in [1.29, 1.82) is 0 Å². The molecule has 9 heteroatoms. The number of hydrogen-bond donors (Lipinski definition) is 0. The average Bonchev–Trinajstić information content (AvgIpc) is 2.84. The van der Waals surface area contributed by atoms with Gasteiger partial charge in [-0.25, -0.2) is 8.42 Å². The Balaban J connectivity index is 1.29. The molecule has 0 aliphatic carbocycles. The van der Waals surface area contributed by atoms with E-state index in [2.05, 4.69) is 16.8 Å². The molecule has 1 atom stereocenters. The molecule has 7 nitrogen and oxygen atoms in total. The Morgan fingerprint density at radius 1 is 0.969 bits per heavy atom. The molecule has 1 amide bonds. The van der Waals surface area contributed by atoms with Gasteiger partial charge in [0.2, 0.25) is 15.9 Å². The summed E-state index contributed by atoms with van der Waals surface area (Å²) in [6, 6.07) is 10.6. The standard InChI is InChI=1S/C23H29ClN4O3S/c1-18(19-6-10-25-11-7-19)26-12-8-20(9-13-26)23(29)27-14-16-28(17-15-27)32(30,31)22-4-2-21(24)3-5-22/h2-7,10-11,18,20H,8-9,12-17H2,1H3. The maximum Gasteiger partial charge on any atom is 0.243 e. The molecule has 2 aliphatic rings. The second-order valence-corrected chi connectivity index (χ2v) is 10.8. The average molecular weight is 477 g/mol. The Bertz CT molecular complexity index is 1020. The van der Waals surface area contributed by atoms with Crippen LogP contribution in [0.4, 0.5) is 0 Å². The number of halogens is 1. The zero-order valence-electron chi connectivity index (χ0n) is 18.2. The minimum absolute atomic E-state index is 0.00955. The van der Waals surface area contributed by atoms with Gasteiger partial charge < -0.3 is 4.90 Å². The number of carbonyl (C=O) groups excluding carboxylic acids is 1. The van der Waals surface area contributed by atoms with Crippen LogP contribution < -0.4 is 0 Å². The molecule has 0 bridgehead atoms. The van der Waals surface area contributed by atoms with Gasteiger partial charge in [-0.2, -0.15) is 4.31 Å². The van der Waals surface area contributed by atoms with Crippen molar-refractivity contribution in [3.05, 3.63) is 59.4 Å². The summed E-state index contributed by atoms with van der Waals surface area (Å²) in [7, 11) is -3.57. The van der Waals surface area contributed by atoms with Gasteiger partial charge in [0.1, 0.15) is 0 Å². The number of hydrogen-bond acceptors (Lipinski definition) is 5. The lowest BCUT2D eigenvalue weighted by molar-refractivity contribution is -0.138. The molecule has 1 aromatic carbocycles. The van der Waals surface area contributed by atoms with Crippen molar-refractivity contribution in [1.82, 2.24) is 19.1 Å². The fourth-order valence-electron chi connectivity index (χ4n) is 4.55. The van der Waals surface area contributed by atoms with E-state index in [0.29, 0.717) is 37.2 Å². The Kier molecular flexibility index (Phi) is 7.14. The number of carbonyl (C=O) groups is 1. The van der Waals surface area contributed by atoms with Crippen LogP contribution in [0.3, 0.4) is 0 Å². The number of rotatable bonds is 5. The molecule has 0 saturated carbocycles. The van der Waals surface area contributed by atoms with Gasteiger partial charge in [0, 0.05) is 55.6 Å². The summed E-state index contributed by atoms with van der Waals surface area (Å²) < 4.78 is 27.2. The highest BCUT2D eigenvalue weighted by Crippen LogP contribution is 2.28. The summed E-state index contributed by atoms with van der Waals surface area (Å²) in [6.07, 6.45) is 5.29. The van der Waals surface area contributed by atoms with Crippen LogP contribution in [0.5, 0.6) is 0 Å². The van der Waals surface area contributed by atoms with Crippen LogP contribution in [0.1, 0.15) is 31.4 Å². The van der Waals surface area contributed by atoms with Crippen LogP contribution in [-0.4, -0.2) is 72.7 Å². The zero-order chi connectivity index (χ0) is 22.7. The second-order valence-electron chi connectivity index (χ2n) is 8.45. The highest BCUT2D eigenvalue weighted by atomic mass is 35.5. The molecule has 172 valence electrons. The van der Waals surface area contributed by atoms with Gasteiger partial charge in [-0.3, -0.25) is 14.7 Å². The molecular formula is C23H29ClN4O3S. The summed E-state index contributed by atoms with van der Waals surface area (Å²) in [6.45, 7) is 5.44. The third-order valence-electron chi connectivity index (χ3n) is 6.62. The zero-order valence-corrected chi connectivity index (χ0v) is 19.8. The van der Waals surface area contributed by atoms with Crippen LogP contribution in [0.25, 0.3) is 0 Å². The molecule has 2 fully saturated rings. The number of nitrogens with zero attached hydrogens (tertiary/aromatic N) is 4. The van der Waals surface area contributed by atoms with E-state index in [0.717, 1.165) is 25.9 Å². The van der Waals surface area contributed by atoms with Gasteiger partial charge >= 0.3 is 0 Å². The highest BCUT2D eigenvalue weighted by molar-refractivity contribution is 7.89. The fraction of sp³-hybridized carbons (Fsp3) is 0.478. The van der Waals surface area contributed by atoms with Gasteiger partial charge in [0.15, 0.2) is 0 Å². The molecule has 3 heterocycles. The van der Waals surface area contributed by atoms with E-state index in [4.69, 9.17) is 11.6 Å². The van der Waals surface area contributed by atoms with E-state index < -0.39 is 10.0 Å². The van der Waals surface area contributed by atoms with Crippen LogP contribution in [0, 0.1) is 5.92 Å². The van der Waals surface area contributed by atoms with Gasteiger partial charge in [-0.05, 0) is 74.8 Å². The minimum atomic E-state index is -3.57. The number of piperazine rings is 1. The fourth-order valence-corrected chi connectivity index (χ4v) is 6.10. The topological polar surface area (TPSA) is 73.8 Å². The van der Waals surface area contributed by atoms with Gasteiger partial charge in [0.05, 0.1) is 4.90 Å². The summed E-state index contributed by atoms with van der Waals surface area (Å²) in [5.74, 6) is 0.167. The third-order valence-corrected chi connectivity index (χ3v) is 8.78. The number of sulfonamides is 1. The molecule has 0 radical (unpaired) electrons. The molecule has 1 unspecified atom stereocenters. The first kappa shape index (κ1) is 23.2. The Morgan fingerprint density at radius 2 is 1.56 bits per heavy atom. The molecule has 2 saturated heterocycles. The van der Waals surface area contributed by atoms with Crippen molar-refractivity contribution in [3.8, 4) is 0 Å². The molecule has 1 aromatic heterocycles. The summed E-state index contributed by atoms with van der Waals surface area (Å²) in [5.41, 5.74) is 1.24. The second kappa shape index (κ2) is 9.87. The normalized spacial score (nSPS) is 20.2. The Hall–Kier alpha value is -2.00. The quantitative estimate of drug-likeness (QED) is 0.663. The van der Waals surface area contributed by atoms with Crippen LogP contribution in [0.2, 0.25) is 5.02 Å². The number of aromatic nitrogens is 1. The van der Waals surface area contributed by atoms with E-state index in [-0.39, 0.29) is 16.7 Å². The number of piperidine rings is 1. The van der Waals surface area contributed by atoms with Crippen molar-refractivity contribution < 1.29 is 13.2 Å². The summed E-state index contributed by atoms with van der Waals surface area (Å²) in [5, 5.41) is 0.501.